The molecule has 0 saturated heterocycles. The van der Waals surface area contributed by atoms with Crippen LogP contribution in [0.1, 0.15) is 39.7 Å². The fourth-order valence-corrected chi connectivity index (χ4v) is 2.28. The number of nitrogens with zero attached hydrogens (tertiary/aromatic N) is 4. The normalized spacial score (nSPS) is 12.8. The van der Waals surface area contributed by atoms with Crippen LogP contribution in [0.15, 0.2) is 18.2 Å². The van der Waals surface area contributed by atoms with E-state index in [0.29, 0.717) is 22.5 Å². The first kappa shape index (κ1) is 14.8. The van der Waals surface area contributed by atoms with Gasteiger partial charge in [0.15, 0.2) is 5.82 Å². The molecule has 0 bridgehead atoms. The van der Waals surface area contributed by atoms with Gasteiger partial charge < -0.3 is 5.73 Å². The van der Waals surface area contributed by atoms with Crippen molar-refractivity contribution >= 4 is 17.3 Å². The fourth-order valence-electron chi connectivity index (χ4n) is 2.08. The van der Waals surface area contributed by atoms with Gasteiger partial charge in [-0.25, -0.2) is 4.68 Å². The Morgan fingerprint density at radius 3 is 2.70 bits per heavy atom. The second-order valence-electron chi connectivity index (χ2n) is 5.51. The van der Waals surface area contributed by atoms with Crippen LogP contribution in [0.3, 0.4) is 0 Å². The van der Waals surface area contributed by atoms with Crippen LogP contribution in [0.25, 0.3) is 11.4 Å². The predicted octanol–water partition coefficient (Wildman–Crippen LogP) is 3.57. The number of aromatic nitrogens is 4. The number of rotatable bonds is 5. The summed E-state index contributed by atoms with van der Waals surface area (Å²) in [5, 5.41) is 12.6. The van der Waals surface area contributed by atoms with Gasteiger partial charge in [-0.15, -0.1) is 5.10 Å². The van der Waals surface area contributed by atoms with Gasteiger partial charge in [-0.2, -0.15) is 0 Å². The van der Waals surface area contributed by atoms with Crippen LogP contribution in [-0.2, 0) is 0 Å². The van der Waals surface area contributed by atoms with Crippen molar-refractivity contribution in [2.45, 2.75) is 39.7 Å². The Kier molecular flexibility index (Phi) is 4.60. The number of anilines is 1. The quantitative estimate of drug-likeness (QED) is 0.856. The maximum atomic E-state index is 6.23. The lowest BCUT2D eigenvalue weighted by molar-refractivity contribution is 0.406. The topological polar surface area (TPSA) is 69.6 Å². The second kappa shape index (κ2) is 6.22. The summed E-state index contributed by atoms with van der Waals surface area (Å²) in [6, 6.07) is 5.56. The van der Waals surface area contributed by atoms with Crippen molar-refractivity contribution in [1.29, 1.82) is 0 Å². The van der Waals surface area contributed by atoms with E-state index in [2.05, 4.69) is 36.3 Å². The van der Waals surface area contributed by atoms with E-state index in [1.165, 1.54) is 0 Å². The summed E-state index contributed by atoms with van der Waals surface area (Å²) >= 11 is 6.23. The molecule has 0 saturated carbocycles. The van der Waals surface area contributed by atoms with Gasteiger partial charge in [-0.05, 0) is 54.3 Å². The molecule has 108 valence electrons. The number of hydrogen-bond donors (Lipinski definition) is 1. The molecule has 2 rings (SSSR count). The van der Waals surface area contributed by atoms with Crippen molar-refractivity contribution < 1.29 is 0 Å². The molecule has 0 aliphatic carbocycles. The van der Waals surface area contributed by atoms with E-state index in [0.717, 1.165) is 18.4 Å². The molecule has 0 spiro atoms. The van der Waals surface area contributed by atoms with E-state index in [9.17, 15) is 0 Å². The van der Waals surface area contributed by atoms with E-state index in [1.807, 2.05) is 4.68 Å². The van der Waals surface area contributed by atoms with E-state index in [1.54, 1.807) is 18.2 Å². The van der Waals surface area contributed by atoms with Crippen LogP contribution in [-0.4, -0.2) is 20.2 Å². The number of benzene rings is 1. The standard InChI is InChI=1S/C14H20ClN5/c1-9(2)4-5-10(3)20-14(17-18-19-20)12-8-11(16)6-7-13(12)15/h6-10H,4-5,16H2,1-3H3. The van der Waals surface area contributed by atoms with Crippen LogP contribution in [0.2, 0.25) is 5.02 Å². The highest BCUT2D eigenvalue weighted by Crippen LogP contribution is 2.30. The lowest BCUT2D eigenvalue weighted by Gasteiger charge is -2.15. The van der Waals surface area contributed by atoms with E-state index >= 15 is 0 Å². The number of nitrogens with two attached hydrogens (primary N) is 1. The third-order valence-corrected chi connectivity index (χ3v) is 3.63. The van der Waals surface area contributed by atoms with Gasteiger partial charge in [-0.1, -0.05) is 25.4 Å². The number of nitrogen functional groups attached to an aromatic ring is 1. The summed E-state index contributed by atoms with van der Waals surface area (Å²) in [7, 11) is 0. The molecule has 1 unspecified atom stereocenters. The van der Waals surface area contributed by atoms with Crippen molar-refractivity contribution in [2.75, 3.05) is 5.73 Å². The van der Waals surface area contributed by atoms with Gasteiger partial charge in [0.2, 0.25) is 0 Å². The van der Waals surface area contributed by atoms with E-state index in [-0.39, 0.29) is 6.04 Å². The fraction of sp³-hybridized carbons (Fsp3) is 0.500. The molecule has 1 aromatic heterocycles. The predicted molar refractivity (Wildman–Crippen MR) is 81.5 cm³/mol. The molecule has 20 heavy (non-hydrogen) atoms. The number of tetrazole rings is 1. The van der Waals surface area contributed by atoms with Crippen molar-refractivity contribution in [3.05, 3.63) is 23.2 Å². The number of hydrogen-bond acceptors (Lipinski definition) is 4. The monoisotopic (exact) mass is 293 g/mol. The lowest BCUT2D eigenvalue weighted by atomic mass is 10.0. The molecule has 1 heterocycles. The highest BCUT2D eigenvalue weighted by molar-refractivity contribution is 6.33. The maximum Gasteiger partial charge on any atom is 0.183 e. The van der Waals surface area contributed by atoms with Crippen LogP contribution in [0.5, 0.6) is 0 Å². The summed E-state index contributed by atoms with van der Waals surface area (Å²) in [6.45, 7) is 6.53. The molecule has 5 nitrogen and oxygen atoms in total. The Balaban J connectivity index is 2.30. The zero-order chi connectivity index (χ0) is 14.7. The Hall–Kier alpha value is -1.62. The molecular weight excluding hydrogens is 274 g/mol. The average Bonchev–Trinajstić information content (AvgIpc) is 2.88. The minimum absolute atomic E-state index is 0.222. The lowest BCUT2D eigenvalue weighted by Crippen LogP contribution is -2.10. The van der Waals surface area contributed by atoms with E-state index in [4.69, 9.17) is 17.3 Å². The van der Waals surface area contributed by atoms with Gasteiger partial charge in [0.1, 0.15) is 0 Å². The highest BCUT2D eigenvalue weighted by atomic mass is 35.5. The Morgan fingerprint density at radius 1 is 1.25 bits per heavy atom. The van der Waals surface area contributed by atoms with Crippen molar-refractivity contribution in [3.8, 4) is 11.4 Å². The maximum absolute atomic E-state index is 6.23. The van der Waals surface area contributed by atoms with Gasteiger partial charge in [-0.3, -0.25) is 0 Å². The molecule has 0 aliphatic rings. The molecule has 1 aromatic carbocycles. The minimum atomic E-state index is 0.222. The number of halogens is 1. The largest absolute Gasteiger partial charge is 0.399 e. The highest BCUT2D eigenvalue weighted by Gasteiger charge is 2.17. The van der Waals surface area contributed by atoms with Gasteiger partial charge >= 0.3 is 0 Å². The van der Waals surface area contributed by atoms with Crippen molar-refractivity contribution in [2.24, 2.45) is 5.92 Å². The first-order valence-corrected chi connectivity index (χ1v) is 7.20. The SMILES string of the molecule is CC(C)CCC(C)n1nnnc1-c1cc(N)ccc1Cl. The van der Waals surface area contributed by atoms with Crippen molar-refractivity contribution in [3.63, 3.8) is 0 Å². The van der Waals surface area contributed by atoms with E-state index < -0.39 is 0 Å². The third kappa shape index (κ3) is 3.28. The molecular formula is C14H20ClN5. The van der Waals surface area contributed by atoms with Crippen LogP contribution >= 0.6 is 11.6 Å². The van der Waals surface area contributed by atoms with Gasteiger partial charge in [0.05, 0.1) is 11.1 Å². The zero-order valence-corrected chi connectivity index (χ0v) is 12.8. The summed E-state index contributed by atoms with van der Waals surface area (Å²) in [5.74, 6) is 1.33. The summed E-state index contributed by atoms with van der Waals surface area (Å²) in [5.41, 5.74) is 7.24. The molecule has 0 radical (unpaired) electrons. The Bertz CT molecular complexity index is 579. The van der Waals surface area contributed by atoms with Crippen LogP contribution < -0.4 is 5.73 Å². The average molecular weight is 294 g/mol. The molecule has 1 atom stereocenters. The summed E-state index contributed by atoms with van der Waals surface area (Å²) < 4.78 is 1.82. The smallest absolute Gasteiger partial charge is 0.183 e. The molecule has 6 heteroatoms. The molecule has 0 aliphatic heterocycles. The van der Waals surface area contributed by atoms with Gasteiger partial charge in [0.25, 0.3) is 0 Å². The third-order valence-electron chi connectivity index (χ3n) is 3.30. The van der Waals surface area contributed by atoms with Crippen LogP contribution in [0, 0.1) is 5.92 Å². The molecule has 2 N–H and O–H groups in total. The van der Waals surface area contributed by atoms with Crippen LogP contribution in [0.4, 0.5) is 5.69 Å². The Morgan fingerprint density at radius 2 is 2.00 bits per heavy atom. The summed E-state index contributed by atoms with van der Waals surface area (Å²) in [4.78, 5) is 0. The molecule has 2 aromatic rings. The Labute approximate surface area is 124 Å². The minimum Gasteiger partial charge on any atom is -0.399 e. The molecule has 0 amide bonds. The zero-order valence-electron chi connectivity index (χ0n) is 12.0. The first-order chi connectivity index (χ1) is 9.49. The van der Waals surface area contributed by atoms with Crippen molar-refractivity contribution in [1.82, 2.24) is 20.2 Å². The first-order valence-electron chi connectivity index (χ1n) is 6.82. The summed E-state index contributed by atoms with van der Waals surface area (Å²) in [6.07, 6.45) is 2.15. The second-order valence-corrected chi connectivity index (χ2v) is 5.91. The van der Waals surface area contributed by atoms with Gasteiger partial charge in [0, 0.05) is 11.3 Å². The molecule has 0 fully saturated rings.